The van der Waals surface area contributed by atoms with Gasteiger partial charge in [0.05, 0.1) is 6.61 Å². The molecule has 1 rings (SSSR count). The molecule has 4 atom stereocenters. The molecular formula is C8H17ClNO2P. The third kappa shape index (κ3) is 4.37. The minimum atomic E-state index is 0. The van der Waals surface area contributed by atoms with Gasteiger partial charge < -0.3 is 9.53 Å². The van der Waals surface area contributed by atoms with Gasteiger partial charge in [-0.25, -0.2) is 0 Å². The van der Waals surface area contributed by atoms with Crippen LogP contribution in [0.4, 0.5) is 0 Å². The summed E-state index contributed by atoms with van der Waals surface area (Å²) in [5, 5.41) is 3.23. The molecule has 0 saturated carbocycles. The lowest BCUT2D eigenvalue weighted by Crippen LogP contribution is -2.33. The lowest BCUT2D eigenvalue weighted by Gasteiger charge is -2.19. The number of ether oxygens (including phenoxy) is 1. The second-order valence-corrected chi connectivity index (χ2v) is 4.11. The molecule has 0 aliphatic carbocycles. The Hall–Kier alpha value is 0.310. The quantitative estimate of drug-likeness (QED) is 0.569. The number of hydrogen-bond donors (Lipinski definition) is 1. The zero-order valence-electron chi connectivity index (χ0n) is 7.73. The highest BCUT2D eigenvalue weighted by Gasteiger charge is 2.22. The van der Waals surface area contributed by atoms with Crippen molar-refractivity contribution >= 4 is 27.9 Å². The Labute approximate surface area is 87.6 Å². The summed E-state index contributed by atoms with van der Waals surface area (Å²) < 4.78 is 5.41. The Bertz CT molecular complexity index is 153. The summed E-state index contributed by atoms with van der Waals surface area (Å²) in [7, 11) is 2.73. The van der Waals surface area contributed by atoms with Crippen molar-refractivity contribution in [3.8, 4) is 0 Å². The second-order valence-electron chi connectivity index (χ2n) is 3.26. The Kier molecular flexibility index (Phi) is 6.88. The first-order valence-corrected chi connectivity index (χ1v) is 4.96. The monoisotopic (exact) mass is 225 g/mol. The summed E-state index contributed by atoms with van der Waals surface area (Å²) >= 11 is 0. The number of hydrogen-bond acceptors (Lipinski definition) is 3. The van der Waals surface area contributed by atoms with Crippen LogP contribution in [0.25, 0.3) is 0 Å². The summed E-state index contributed by atoms with van der Waals surface area (Å²) in [6.07, 6.45) is 1.98. The van der Waals surface area contributed by atoms with E-state index in [2.05, 4.69) is 14.6 Å². The van der Waals surface area contributed by atoms with Gasteiger partial charge in [0.25, 0.3) is 0 Å². The molecule has 0 bridgehead atoms. The highest BCUT2D eigenvalue weighted by atomic mass is 35.5. The fraction of sp³-hybridized carbons (Fsp3) is 0.875. The van der Waals surface area contributed by atoms with Gasteiger partial charge in [-0.05, 0) is 6.42 Å². The molecular weight excluding hydrogens is 209 g/mol. The molecule has 1 saturated heterocycles. The molecule has 3 nitrogen and oxygen atoms in total. The maximum absolute atomic E-state index is 10.4. The normalized spacial score (nSPS) is 26.2. The van der Waals surface area contributed by atoms with Crippen LogP contribution in [-0.4, -0.2) is 31.3 Å². The van der Waals surface area contributed by atoms with E-state index in [-0.39, 0.29) is 24.6 Å². The van der Waals surface area contributed by atoms with Crippen LogP contribution in [0, 0.1) is 5.92 Å². The van der Waals surface area contributed by atoms with Crippen molar-refractivity contribution in [1.82, 2.24) is 5.32 Å². The van der Waals surface area contributed by atoms with Crippen molar-refractivity contribution in [2.45, 2.75) is 25.2 Å². The number of halogens is 1. The first-order valence-electron chi connectivity index (χ1n) is 4.30. The molecule has 13 heavy (non-hydrogen) atoms. The van der Waals surface area contributed by atoms with E-state index in [9.17, 15) is 4.79 Å². The van der Waals surface area contributed by atoms with Gasteiger partial charge in [0.2, 0.25) is 0 Å². The van der Waals surface area contributed by atoms with E-state index >= 15 is 0 Å². The molecule has 4 unspecified atom stereocenters. The van der Waals surface area contributed by atoms with E-state index in [1.54, 1.807) is 0 Å². The van der Waals surface area contributed by atoms with Gasteiger partial charge in [-0.3, -0.25) is 5.32 Å². The van der Waals surface area contributed by atoms with E-state index in [1.165, 1.54) is 0 Å². The lowest BCUT2D eigenvalue weighted by molar-refractivity contribution is -0.110. The number of carbonyl (C=O) groups is 1. The Balaban J connectivity index is 0.00000144. The van der Waals surface area contributed by atoms with Crippen molar-refractivity contribution < 1.29 is 9.53 Å². The first kappa shape index (κ1) is 13.3. The molecule has 1 aliphatic rings. The van der Waals surface area contributed by atoms with Crippen LogP contribution in [0.1, 0.15) is 13.3 Å². The van der Waals surface area contributed by atoms with Gasteiger partial charge in [-0.15, -0.1) is 21.6 Å². The molecule has 1 fully saturated rings. The van der Waals surface area contributed by atoms with Crippen LogP contribution < -0.4 is 5.32 Å². The zero-order valence-corrected chi connectivity index (χ0v) is 9.70. The first-order chi connectivity index (χ1) is 5.74. The van der Waals surface area contributed by atoms with E-state index < -0.39 is 0 Å². The van der Waals surface area contributed by atoms with Crippen LogP contribution in [0.5, 0.6) is 0 Å². The van der Waals surface area contributed by atoms with E-state index in [0.717, 1.165) is 25.9 Å². The molecule has 0 radical (unpaired) electrons. The van der Waals surface area contributed by atoms with E-state index in [1.807, 2.05) is 6.92 Å². The van der Waals surface area contributed by atoms with E-state index in [4.69, 9.17) is 4.74 Å². The Morgan fingerprint density at radius 3 is 2.92 bits per heavy atom. The molecule has 0 spiro atoms. The summed E-state index contributed by atoms with van der Waals surface area (Å²) in [5.41, 5.74) is 0.340. The number of nitrogens with one attached hydrogen (secondary N) is 1. The number of aldehydes is 1. The standard InChI is InChI=1S/C8H16NO2P.ClH/c1-6(5-10)4-7(12)8-9-2-3-11-8;/h5-9H,2-4,12H2,1H3;1H. The largest absolute Gasteiger partial charge is 0.361 e. The average molecular weight is 226 g/mol. The fourth-order valence-electron chi connectivity index (χ4n) is 1.33. The van der Waals surface area contributed by atoms with Crippen LogP contribution in [0.3, 0.4) is 0 Å². The maximum Gasteiger partial charge on any atom is 0.122 e. The van der Waals surface area contributed by atoms with Gasteiger partial charge in [-0.2, -0.15) is 0 Å². The SMILES string of the molecule is CC(C=O)CC(P)C1NCCO1.Cl. The van der Waals surface area contributed by atoms with Crippen molar-refractivity contribution in [3.05, 3.63) is 0 Å². The van der Waals surface area contributed by atoms with Crippen molar-refractivity contribution in [1.29, 1.82) is 0 Å². The zero-order chi connectivity index (χ0) is 8.97. The highest BCUT2D eigenvalue weighted by Crippen LogP contribution is 2.18. The minimum Gasteiger partial charge on any atom is -0.361 e. The summed E-state index contributed by atoms with van der Waals surface area (Å²) in [4.78, 5) is 10.4. The van der Waals surface area contributed by atoms with Crippen LogP contribution in [0.2, 0.25) is 0 Å². The van der Waals surface area contributed by atoms with Gasteiger partial charge in [0.15, 0.2) is 0 Å². The summed E-state index contributed by atoms with van der Waals surface area (Å²) in [6.45, 7) is 3.63. The van der Waals surface area contributed by atoms with Gasteiger partial charge in [0, 0.05) is 18.1 Å². The topological polar surface area (TPSA) is 38.3 Å². The highest BCUT2D eigenvalue weighted by molar-refractivity contribution is 7.17. The molecule has 1 aliphatic heterocycles. The average Bonchev–Trinajstić information content (AvgIpc) is 2.56. The predicted molar refractivity (Wildman–Crippen MR) is 58.3 cm³/mol. The van der Waals surface area contributed by atoms with Crippen LogP contribution in [0.15, 0.2) is 0 Å². The molecule has 0 aromatic heterocycles. The third-order valence-corrected chi connectivity index (χ3v) is 2.63. The van der Waals surface area contributed by atoms with Crippen LogP contribution >= 0.6 is 21.6 Å². The molecule has 1 N–H and O–H groups in total. The summed E-state index contributed by atoms with van der Waals surface area (Å²) in [5.74, 6) is 0.124. The smallest absolute Gasteiger partial charge is 0.122 e. The number of carbonyl (C=O) groups excluding carboxylic acids is 1. The molecule has 1 heterocycles. The van der Waals surface area contributed by atoms with Gasteiger partial charge in [-0.1, -0.05) is 6.92 Å². The molecule has 5 heteroatoms. The van der Waals surface area contributed by atoms with Crippen molar-refractivity contribution in [2.24, 2.45) is 5.92 Å². The Morgan fingerprint density at radius 1 is 1.77 bits per heavy atom. The third-order valence-electron chi connectivity index (χ3n) is 2.01. The van der Waals surface area contributed by atoms with Gasteiger partial charge >= 0.3 is 0 Å². The van der Waals surface area contributed by atoms with Gasteiger partial charge in [0.1, 0.15) is 12.5 Å². The van der Waals surface area contributed by atoms with Crippen LogP contribution in [-0.2, 0) is 9.53 Å². The maximum atomic E-state index is 10.4. The minimum absolute atomic E-state index is 0. The lowest BCUT2D eigenvalue weighted by atomic mass is 10.1. The molecule has 0 aromatic carbocycles. The number of rotatable bonds is 4. The molecule has 0 aromatic rings. The predicted octanol–water partition coefficient (Wildman–Crippen LogP) is 0.823. The Morgan fingerprint density at radius 2 is 2.46 bits per heavy atom. The van der Waals surface area contributed by atoms with Crippen molar-refractivity contribution in [3.63, 3.8) is 0 Å². The molecule has 78 valence electrons. The fourth-order valence-corrected chi connectivity index (χ4v) is 2.01. The molecule has 0 amide bonds. The van der Waals surface area contributed by atoms with E-state index in [0.29, 0.717) is 5.66 Å². The van der Waals surface area contributed by atoms with Crippen molar-refractivity contribution in [2.75, 3.05) is 13.2 Å². The second kappa shape index (κ2) is 6.72. The summed E-state index contributed by atoms with van der Waals surface area (Å²) in [6, 6.07) is 0.